The van der Waals surface area contributed by atoms with Gasteiger partial charge in [0.1, 0.15) is 5.52 Å². The molecule has 21 heavy (non-hydrogen) atoms. The van der Waals surface area contributed by atoms with Crippen LogP contribution in [0.5, 0.6) is 5.19 Å². The van der Waals surface area contributed by atoms with E-state index < -0.39 is 5.82 Å². The van der Waals surface area contributed by atoms with Gasteiger partial charge in [0.05, 0.1) is 14.9 Å². The molecule has 1 aromatic carbocycles. The number of thiazole rings is 1. The van der Waals surface area contributed by atoms with Crippen LogP contribution in [-0.4, -0.2) is 15.1 Å². The molecule has 0 spiro atoms. The number of nitrogens with zero attached hydrogens (tertiary/aromatic N) is 2. The van der Waals surface area contributed by atoms with Crippen molar-refractivity contribution in [3.63, 3.8) is 0 Å². The van der Waals surface area contributed by atoms with Crippen LogP contribution < -0.4 is 10.5 Å². The summed E-state index contributed by atoms with van der Waals surface area (Å²) in [5, 5.41) is 0.0413. The molecule has 0 amide bonds. The van der Waals surface area contributed by atoms with Gasteiger partial charge in [-0.3, -0.25) is 4.98 Å². The third-order valence-electron chi connectivity index (χ3n) is 2.67. The average molecular weight is 384 g/mol. The standard InChI is InChI=1S/C13H7BrFN3OS2/c14-7-5-6(8-3-1-2-4-17-8)11-10(9(7)15)18-13(21-11)19-12(16)20/h1-5H,(H2,16,20). The second-order valence-electron chi connectivity index (χ2n) is 4.01. The lowest BCUT2D eigenvalue weighted by Gasteiger charge is -2.03. The number of thiocarbonyl (C=S) groups is 1. The Labute approximate surface area is 136 Å². The van der Waals surface area contributed by atoms with Crippen molar-refractivity contribution in [1.82, 2.24) is 9.97 Å². The van der Waals surface area contributed by atoms with Crippen molar-refractivity contribution in [2.24, 2.45) is 5.73 Å². The van der Waals surface area contributed by atoms with Gasteiger partial charge in [-0.2, -0.15) is 4.98 Å². The molecule has 0 bridgehead atoms. The van der Waals surface area contributed by atoms with E-state index in [1.54, 1.807) is 12.3 Å². The Kier molecular flexibility index (Phi) is 3.83. The largest absolute Gasteiger partial charge is 0.404 e. The minimum atomic E-state index is -0.460. The maximum Gasteiger partial charge on any atom is 0.281 e. The van der Waals surface area contributed by atoms with E-state index in [9.17, 15) is 4.39 Å². The molecule has 0 aliphatic heterocycles. The normalized spacial score (nSPS) is 10.8. The zero-order valence-electron chi connectivity index (χ0n) is 10.3. The fraction of sp³-hybridized carbons (Fsp3) is 0. The second kappa shape index (κ2) is 5.63. The fourth-order valence-corrected chi connectivity index (χ4v) is 3.34. The number of rotatable bonds is 2. The summed E-state index contributed by atoms with van der Waals surface area (Å²) in [4.78, 5) is 8.38. The van der Waals surface area contributed by atoms with Crippen molar-refractivity contribution in [2.45, 2.75) is 0 Å². The van der Waals surface area contributed by atoms with Crippen molar-refractivity contribution in [3.8, 4) is 16.5 Å². The van der Waals surface area contributed by atoms with Crippen LogP contribution in [0.1, 0.15) is 0 Å². The number of ether oxygens (including phenoxy) is 1. The van der Waals surface area contributed by atoms with E-state index in [2.05, 4.69) is 38.1 Å². The first-order valence-corrected chi connectivity index (χ1v) is 7.75. The highest BCUT2D eigenvalue weighted by Gasteiger charge is 2.18. The molecule has 0 saturated heterocycles. The molecule has 0 radical (unpaired) electrons. The zero-order valence-corrected chi connectivity index (χ0v) is 13.6. The van der Waals surface area contributed by atoms with E-state index in [4.69, 9.17) is 10.5 Å². The lowest BCUT2D eigenvalue weighted by molar-refractivity contribution is 0.552. The van der Waals surface area contributed by atoms with Gasteiger partial charge in [-0.05, 0) is 46.3 Å². The van der Waals surface area contributed by atoms with Crippen molar-refractivity contribution in [3.05, 3.63) is 40.8 Å². The maximum absolute atomic E-state index is 14.2. The Hall–Kier alpha value is -1.64. The fourth-order valence-electron chi connectivity index (χ4n) is 1.84. The minimum absolute atomic E-state index is 0.159. The molecule has 2 heterocycles. The minimum Gasteiger partial charge on any atom is -0.404 e. The first-order chi connectivity index (χ1) is 10.1. The molecule has 0 atom stereocenters. The first kappa shape index (κ1) is 14.3. The molecular weight excluding hydrogens is 377 g/mol. The lowest BCUT2D eigenvalue weighted by Crippen LogP contribution is -2.15. The highest BCUT2D eigenvalue weighted by atomic mass is 79.9. The van der Waals surface area contributed by atoms with Gasteiger partial charge in [0, 0.05) is 11.8 Å². The molecule has 4 nitrogen and oxygen atoms in total. The van der Waals surface area contributed by atoms with Gasteiger partial charge in [-0.25, -0.2) is 4.39 Å². The topological polar surface area (TPSA) is 61.0 Å². The van der Waals surface area contributed by atoms with E-state index in [1.807, 2.05) is 18.2 Å². The molecule has 2 aromatic heterocycles. The Morgan fingerprint density at radius 3 is 2.90 bits per heavy atom. The Bertz CT molecular complexity index is 838. The summed E-state index contributed by atoms with van der Waals surface area (Å²) in [6.45, 7) is 0. The summed E-state index contributed by atoms with van der Waals surface area (Å²) < 4.78 is 20.2. The average Bonchev–Trinajstić information content (AvgIpc) is 2.87. The molecule has 106 valence electrons. The van der Waals surface area contributed by atoms with Crippen molar-refractivity contribution in [2.75, 3.05) is 0 Å². The maximum atomic E-state index is 14.2. The Morgan fingerprint density at radius 2 is 2.24 bits per heavy atom. The van der Waals surface area contributed by atoms with Crippen LogP contribution in [0.15, 0.2) is 34.9 Å². The number of benzene rings is 1. The van der Waals surface area contributed by atoms with Gasteiger partial charge in [0.2, 0.25) is 0 Å². The number of halogens is 2. The van der Waals surface area contributed by atoms with Crippen molar-refractivity contribution >= 4 is 54.9 Å². The highest BCUT2D eigenvalue weighted by molar-refractivity contribution is 9.10. The molecule has 0 unspecified atom stereocenters. The van der Waals surface area contributed by atoms with E-state index in [-0.39, 0.29) is 15.9 Å². The number of hydrogen-bond acceptors (Lipinski definition) is 5. The van der Waals surface area contributed by atoms with Gasteiger partial charge in [0.25, 0.3) is 10.4 Å². The van der Waals surface area contributed by atoms with E-state index in [0.29, 0.717) is 14.9 Å². The SMILES string of the molecule is NC(=S)Oc1nc2c(F)c(Br)cc(-c3ccccn3)c2s1. The summed E-state index contributed by atoms with van der Waals surface area (Å²) >= 11 is 9.04. The van der Waals surface area contributed by atoms with E-state index in [1.165, 1.54) is 11.3 Å². The summed E-state index contributed by atoms with van der Waals surface area (Å²) in [6.07, 6.45) is 1.67. The number of fused-ring (bicyclic) bond motifs is 1. The molecule has 3 aromatic rings. The molecular formula is C13H7BrFN3OS2. The number of aromatic nitrogens is 2. The number of pyridine rings is 1. The van der Waals surface area contributed by atoms with Crippen LogP contribution in [0.3, 0.4) is 0 Å². The van der Waals surface area contributed by atoms with Crippen LogP contribution in [0.25, 0.3) is 21.5 Å². The lowest BCUT2D eigenvalue weighted by atomic mass is 10.1. The van der Waals surface area contributed by atoms with Gasteiger partial charge >= 0.3 is 0 Å². The molecule has 8 heteroatoms. The van der Waals surface area contributed by atoms with Crippen molar-refractivity contribution < 1.29 is 9.13 Å². The van der Waals surface area contributed by atoms with Gasteiger partial charge in [-0.1, -0.05) is 17.4 Å². The van der Waals surface area contributed by atoms with Crippen LogP contribution in [0.4, 0.5) is 4.39 Å². The monoisotopic (exact) mass is 383 g/mol. The molecule has 2 N–H and O–H groups in total. The van der Waals surface area contributed by atoms with Gasteiger partial charge in [-0.15, -0.1) is 0 Å². The summed E-state index contributed by atoms with van der Waals surface area (Å²) in [7, 11) is 0. The predicted octanol–water partition coefficient (Wildman–Crippen LogP) is 3.88. The quantitative estimate of drug-likeness (QED) is 0.680. The van der Waals surface area contributed by atoms with Gasteiger partial charge in [0.15, 0.2) is 5.82 Å². The third kappa shape index (κ3) is 2.74. The van der Waals surface area contributed by atoms with Crippen molar-refractivity contribution in [1.29, 1.82) is 0 Å². The Balaban J connectivity index is 2.27. The van der Waals surface area contributed by atoms with Crippen LogP contribution in [-0.2, 0) is 0 Å². The van der Waals surface area contributed by atoms with Crippen LogP contribution in [0, 0.1) is 5.82 Å². The van der Waals surface area contributed by atoms with Crippen LogP contribution in [0.2, 0.25) is 0 Å². The first-order valence-electron chi connectivity index (χ1n) is 5.73. The second-order valence-corrected chi connectivity index (χ2v) is 6.23. The summed E-state index contributed by atoms with van der Waals surface area (Å²) in [6, 6.07) is 7.18. The molecule has 0 aliphatic rings. The molecule has 0 saturated carbocycles. The van der Waals surface area contributed by atoms with Gasteiger partial charge < -0.3 is 10.5 Å². The summed E-state index contributed by atoms with van der Waals surface area (Å²) in [5.41, 5.74) is 6.99. The van der Waals surface area contributed by atoms with E-state index >= 15 is 0 Å². The Morgan fingerprint density at radius 1 is 1.43 bits per heavy atom. The molecule has 3 rings (SSSR count). The smallest absolute Gasteiger partial charge is 0.281 e. The number of nitrogens with two attached hydrogens (primary N) is 1. The van der Waals surface area contributed by atoms with E-state index in [0.717, 1.165) is 5.56 Å². The van der Waals surface area contributed by atoms with Crippen LogP contribution >= 0.6 is 39.5 Å². The predicted molar refractivity (Wildman–Crippen MR) is 87.9 cm³/mol. The third-order valence-corrected chi connectivity index (χ3v) is 4.30. The number of hydrogen-bond donors (Lipinski definition) is 1. The molecule has 0 aliphatic carbocycles. The zero-order chi connectivity index (χ0) is 15.0. The highest BCUT2D eigenvalue weighted by Crippen LogP contribution is 2.39. The molecule has 0 fully saturated rings. The summed E-state index contributed by atoms with van der Waals surface area (Å²) in [5.74, 6) is -0.460.